The normalized spacial score (nSPS) is 11.7. The van der Waals surface area contributed by atoms with Gasteiger partial charge in [-0.3, -0.25) is 0 Å². The Balaban J connectivity index is 0.00000225. The highest BCUT2D eigenvalue weighted by atomic mass is 127. The Labute approximate surface area is 187 Å². The highest BCUT2D eigenvalue weighted by molar-refractivity contribution is 7.18. The van der Waals surface area contributed by atoms with Crippen LogP contribution in [0.2, 0.25) is 0 Å². The van der Waals surface area contributed by atoms with Crippen molar-refractivity contribution in [2.75, 3.05) is 0 Å². The lowest BCUT2D eigenvalue weighted by Crippen LogP contribution is -3.00. The predicted molar refractivity (Wildman–Crippen MR) is 117 cm³/mol. The average molecular weight is 495 g/mol. The molecular weight excluding hydrogens is 473 g/mol. The minimum Gasteiger partial charge on any atom is -1.00 e. The van der Waals surface area contributed by atoms with Gasteiger partial charge in [0.1, 0.15) is 11.2 Å². The van der Waals surface area contributed by atoms with Gasteiger partial charge in [0.15, 0.2) is 0 Å². The van der Waals surface area contributed by atoms with Crippen LogP contribution in [0.4, 0.5) is 0 Å². The van der Waals surface area contributed by atoms with Gasteiger partial charge in [-0.2, -0.15) is 4.57 Å². The van der Waals surface area contributed by atoms with Crippen LogP contribution in [0, 0.1) is 0 Å². The summed E-state index contributed by atoms with van der Waals surface area (Å²) in [5, 5.41) is 1.27. The second-order valence-electron chi connectivity index (χ2n) is 6.36. The van der Waals surface area contributed by atoms with Gasteiger partial charge in [-0.1, -0.05) is 96.3 Å². The van der Waals surface area contributed by atoms with Crippen molar-refractivity contribution in [3.63, 3.8) is 0 Å². The van der Waals surface area contributed by atoms with Gasteiger partial charge in [-0.15, -0.1) is 0 Å². The molecule has 0 amide bonds. The lowest BCUT2D eigenvalue weighted by Gasteiger charge is -2.02. The van der Waals surface area contributed by atoms with Crippen molar-refractivity contribution in [1.29, 1.82) is 0 Å². The fraction of sp³-hybridized carbons (Fsp3) is 0.0800. The Bertz CT molecular complexity index is 1100. The summed E-state index contributed by atoms with van der Waals surface area (Å²) >= 11 is 1.85. The molecule has 4 aromatic rings. The summed E-state index contributed by atoms with van der Waals surface area (Å²) in [7, 11) is 0. The van der Waals surface area contributed by atoms with E-state index in [0.29, 0.717) is 0 Å². The first-order valence-electron chi connectivity index (χ1n) is 9.27. The molecule has 1 nitrogen and oxygen atoms in total. The standard InChI is InChI=1S/C25H22NS.HI/c1-2-26-23-15-9-10-16-24(23)27-25(26)19-22(21-13-7-4-8-14-21)18-17-20-11-5-3-6-12-20;/h3-19H,2H2,1H3;1H/q+1;/p-1. The van der Waals surface area contributed by atoms with Gasteiger partial charge in [0, 0.05) is 12.1 Å². The number of para-hydroxylation sites is 1. The van der Waals surface area contributed by atoms with E-state index >= 15 is 0 Å². The van der Waals surface area contributed by atoms with Crippen molar-refractivity contribution in [1.82, 2.24) is 0 Å². The number of rotatable bonds is 5. The zero-order valence-electron chi connectivity index (χ0n) is 15.8. The number of hydrogen-bond donors (Lipinski definition) is 0. The van der Waals surface area contributed by atoms with E-state index < -0.39 is 0 Å². The van der Waals surface area contributed by atoms with E-state index in [1.807, 2.05) is 17.4 Å². The molecule has 0 aliphatic rings. The molecule has 0 saturated heterocycles. The van der Waals surface area contributed by atoms with Crippen LogP contribution in [-0.4, -0.2) is 0 Å². The van der Waals surface area contributed by atoms with Crippen LogP contribution in [0.3, 0.4) is 0 Å². The monoisotopic (exact) mass is 495 g/mol. The van der Waals surface area contributed by atoms with Gasteiger partial charge in [0.2, 0.25) is 5.52 Å². The first-order valence-corrected chi connectivity index (χ1v) is 10.1. The molecule has 3 aromatic carbocycles. The zero-order valence-corrected chi connectivity index (χ0v) is 18.7. The first kappa shape index (κ1) is 20.5. The molecule has 140 valence electrons. The van der Waals surface area contributed by atoms with Gasteiger partial charge in [-0.25, -0.2) is 0 Å². The number of aryl methyl sites for hydroxylation is 1. The Morgan fingerprint density at radius 1 is 0.857 bits per heavy atom. The quantitative estimate of drug-likeness (QED) is 0.227. The van der Waals surface area contributed by atoms with Crippen molar-refractivity contribution in [3.8, 4) is 0 Å². The summed E-state index contributed by atoms with van der Waals surface area (Å²) in [4.78, 5) is 0. The number of nitrogens with zero attached hydrogens (tertiary/aromatic N) is 1. The molecule has 0 bridgehead atoms. The van der Waals surface area contributed by atoms with Crippen LogP contribution >= 0.6 is 11.3 Å². The number of thiazole rings is 1. The van der Waals surface area contributed by atoms with E-state index in [-0.39, 0.29) is 24.0 Å². The summed E-state index contributed by atoms with van der Waals surface area (Å²) in [6.45, 7) is 3.17. The SMILES string of the molecule is CC[n+]1c(C=C(C=Cc2ccccc2)c2ccccc2)sc2ccccc21.[I-]. The highest BCUT2D eigenvalue weighted by Crippen LogP contribution is 2.26. The topological polar surface area (TPSA) is 3.88 Å². The Hall–Kier alpha value is -2.24. The largest absolute Gasteiger partial charge is 1.00 e. The third kappa shape index (κ3) is 4.59. The first-order chi connectivity index (χ1) is 13.3. The van der Waals surface area contributed by atoms with Crippen molar-refractivity contribution in [3.05, 3.63) is 107 Å². The second-order valence-corrected chi connectivity index (χ2v) is 7.42. The number of aromatic nitrogens is 1. The lowest BCUT2D eigenvalue weighted by molar-refractivity contribution is -0.665. The van der Waals surface area contributed by atoms with Crippen molar-refractivity contribution in [2.45, 2.75) is 13.5 Å². The third-order valence-electron chi connectivity index (χ3n) is 4.59. The molecule has 0 N–H and O–H groups in total. The molecule has 1 heterocycles. The molecule has 0 saturated carbocycles. The summed E-state index contributed by atoms with van der Waals surface area (Å²) in [6.07, 6.45) is 6.71. The molecule has 28 heavy (non-hydrogen) atoms. The molecule has 0 unspecified atom stereocenters. The predicted octanol–water partition coefficient (Wildman–Crippen LogP) is 3.47. The Morgan fingerprint density at radius 3 is 2.21 bits per heavy atom. The molecular formula is C25H22INS. The lowest BCUT2D eigenvalue weighted by atomic mass is 10.0. The number of hydrogen-bond acceptors (Lipinski definition) is 1. The second kappa shape index (κ2) is 9.80. The maximum Gasteiger partial charge on any atom is 0.263 e. The van der Waals surface area contributed by atoms with E-state index in [4.69, 9.17) is 0 Å². The van der Waals surface area contributed by atoms with E-state index in [2.05, 4.69) is 109 Å². The number of fused-ring (bicyclic) bond motifs is 1. The molecule has 3 heteroatoms. The summed E-state index contributed by atoms with van der Waals surface area (Å²) in [5.74, 6) is 0. The number of allylic oxidation sites excluding steroid dienone is 2. The van der Waals surface area contributed by atoms with Gasteiger partial charge in [0.25, 0.3) is 5.01 Å². The fourth-order valence-corrected chi connectivity index (χ4v) is 4.41. The number of benzene rings is 3. The van der Waals surface area contributed by atoms with Crippen molar-refractivity contribution in [2.24, 2.45) is 0 Å². The fourth-order valence-electron chi connectivity index (χ4n) is 3.23. The maximum atomic E-state index is 2.39. The van der Waals surface area contributed by atoms with Crippen molar-refractivity contribution >= 4 is 39.3 Å². The van der Waals surface area contributed by atoms with E-state index in [0.717, 1.165) is 6.54 Å². The molecule has 0 fully saturated rings. The van der Waals surface area contributed by atoms with E-state index in [9.17, 15) is 0 Å². The third-order valence-corrected chi connectivity index (χ3v) is 5.71. The van der Waals surface area contributed by atoms with Crippen LogP contribution in [0.15, 0.2) is 91.0 Å². The molecule has 1 aromatic heterocycles. The molecule has 0 aliphatic carbocycles. The van der Waals surface area contributed by atoms with E-state index in [1.165, 1.54) is 31.9 Å². The summed E-state index contributed by atoms with van der Waals surface area (Å²) in [6, 6.07) is 29.7. The molecule has 0 atom stereocenters. The number of halogens is 1. The van der Waals surface area contributed by atoms with Gasteiger partial charge in [0.05, 0.1) is 0 Å². The molecule has 0 aliphatic heterocycles. The molecule has 4 rings (SSSR count). The van der Waals surface area contributed by atoms with Crippen LogP contribution in [0.5, 0.6) is 0 Å². The molecule has 0 radical (unpaired) electrons. The van der Waals surface area contributed by atoms with Gasteiger partial charge in [-0.05, 0) is 29.7 Å². The summed E-state index contributed by atoms with van der Waals surface area (Å²) in [5.41, 5.74) is 4.95. The van der Waals surface area contributed by atoms with Gasteiger partial charge < -0.3 is 24.0 Å². The highest BCUT2D eigenvalue weighted by Gasteiger charge is 2.17. The maximum absolute atomic E-state index is 2.39. The van der Waals surface area contributed by atoms with Crippen LogP contribution in [-0.2, 0) is 6.54 Å². The van der Waals surface area contributed by atoms with Crippen LogP contribution in [0.1, 0.15) is 23.1 Å². The Morgan fingerprint density at radius 2 is 1.50 bits per heavy atom. The minimum absolute atomic E-state index is 0. The van der Waals surface area contributed by atoms with Crippen LogP contribution < -0.4 is 28.5 Å². The molecule has 0 spiro atoms. The van der Waals surface area contributed by atoms with E-state index in [1.54, 1.807) is 0 Å². The minimum atomic E-state index is 0. The average Bonchev–Trinajstić information content (AvgIpc) is 3.09. The summed E-state index contributed by atoms with van der Waals surface area (Å²) < 4.78 is 3.71. The van der Waals surface area contributed by atoms with Crippen LogP contribution in [0.25, 0.3) is 27.9 Å². The smallest absolute Gasteiger partial charge is 0.263 e. The van der Waals surface area contributed by atoms with Gasteiger partial charge >= 0.3 is 0 Å². The zero-order chi connectivity index (χ0) is 18.5. The Kier molecular flexibility index (Phi) is 7.18. The van der Waals surface area contributed by atoms with Crippen molar-refractivity contribution < 1.29 is 28.5 Å².